The monoisotopic (exact) mass is 262 g/mol. The Balaban J connectivity index is 4.47. The second-order valence-electron chi connectivity index (χ2n) is 6.04. The first-order chi connectivity index (χ1) is 7.05. The molecule has 0 bridgehead atoms. The van der Waals surface area contributed by atoms with Crippen molar-refractivity contribution in [1.29, 1.82) is 0 Å². The van der Waals surface area contributed by atoms with Crippen LogP contribution in [0.2, 0.25) is 39.3 Å². The standard InChI is InChI=1S/C11H26O3Si2/c1-8-9-10(13-15(2,3)4)11(12)14-16(5,6)7/h10H,8-9H2,1-7H3. The van der Waals surface area contributed by atoms with Crippen LogP contribution in [0.1, 0.15) is 19.8 Å². The minimum atomic E-state index is -1.80. The van der Waals surface area contributed by atoms with Crippen molar-refractivity contribution in [3.63, 3.8) is 0 Å². The third kappa shape index (κ3) is 8.07. The second-order valence-corrected chi connectivity index (χ2v) is 14.9. The third-order valence-corrected chi connectivity index (χ3v) is 3.52. The fourth-order valence-corrected chi connectivity index (χ4v) is 3.08. The quantitative estimate of drug-likeness (QED) is 0.688. The van der Waals surface area contributed by atoms with Gasteiger partial charge in [-0.3, -0.25) is 4.79 Å². The second kappa shape index (κ2) is 5.98. The minimum absolute atomic E-state index is 0.163. The molecule has 0 saturated heterocycles. The van der Waals surface area contributed by atoms with Crippen molar-refractivity contribution in [1.82, 2.24) is 0 Å². The van der Waals surface area contributed by atoms with E-state index in [4.69, 9.17) is 8.85 Å². The van der Waals surface area contributed by atoms with Crippen LogP contribution in [0.5, 0.6) is 0 Å². The topological polar surface area (TPSA) is 35.5 Å². The summed E-state index contributed by atoms with van der Waals surface area (Å²) in [5.41, 5.74) is 0. The average molecular weight is 262 g/mol. The van der Waals surface area contributed by atoms with Crippen LogP contribution in [0.15, 0.2) is 0 Å². The summed E-state index contributed by atoms with van der Waals surface area (Å²) in [6, 6.07) is 0. The maximum absolute atomic E-state index is 11.9. The van der Waals surface area contributed by atoms with Gasteiger partial charge in [-0.25, -0.2) is 0 Å². The summed E-state index contributed by atoms with van der Waals surface area (Å²) in [4.78, 5) is 11.9. The lowest BCUT2D eigenvalue weighted by molar-refractivity contribution is -0.143. The molecule has 5 heteroatoms. The zero-order valence-corrected chi connectivity index (χ0v) is 13.7. The highest BCUT2D eigenvalue weighted by Gasteiger charge is 2.30. The van der Waals surface area contributed by atoms with Gasteiger partial charge < -0.3 is 8.85 Å². The van der Waals surface area contributed by atoms with Crippen LogP contribution in [-0.2, 0) is 13.6 Å². The van der Waals surface area contributed by atoms with E-state index in [2.05, 4.69) is 26.6 Å². The third-order valence-electron chi connectivity index (χ3n) is 1.72. The number of hydrogen-bond acceptors (Lipinski definition) is 3. The molecular formula is C11H26O3Si2. The number of rotatable bonds is 6. The van der Waals surface area contributed by atoms with Crippen molar-refractivity contribution in [2.75, 3.05) is 0 Å². The van der Waals surface area contributed by atoms with Crippen LogP contribution < -0.4 is 0 Å². The van der Waals surface area contributed by atoms with E-state index in [9.17, 15) is 4.79 Å². The van der Waals surface area contributed by atoms with Gasteiger partial charge in [0.05, 0.1) is 0 Å². The largest absolute Gasteiger partial charge is 0.518 e. The van der Waals surface area contributed by atoms with Crippen LogP contribution in [0.3, 0.4) is 0 Å². The number of carbonyl (C=O) groups excluding carboxylic acids is 1. The van der Waals surface area contributed by atoms with Crippen molar-refractivity contribution in [2.24, 2.45) is 0 Å². The summed E-state index contributed by atoms with van der Waals surface area (Å²) in [5, 5.41) is 0. The molecule has 96 valence electrons. The molecule has 1 unspecified atom stereocenters. The molecule has 0 aliphatic heterocycles. The average Bonchev–Trinajstić information content (AvgIpc) is 1.97. The van der Waals surface area contributed by atoms with Gasteiger partial charge in [-0.2, -0.15) is 0 Å². The van der Waals surface area contributed by atoms with Gasteiger partial charge in [0.2, 0.25) is 8.32 Å². The zero-order valence-electron chi connectivity index (χ0n) is 11.7. The fourth-order valence-electron chi connectivity index (χ4n) is 1.28. The summed E-state index contributed by atoms with van der Waals surface area (Å²) in [6.45, 7) is 14.4. The molecule has 0 saturated carbocycles. The van der Waals surface area contributed by atoms with Crippen molar-refractivity contribution >= 4 is 22.6 Å². The Bertz CT molecular complexity index is 228. The minimum Gasteiger partial charge on any atom is -0.518 e. The van der Waals surface area contributed by atoms with E-state index in [0.29, 0.717) is 0 Å². The van der Waals surface area contributed by atoms with Crippen LogP contribution in [0, 0.1) is 0 Å². The molecule has 0 radical (unpaired) electrons. The fraction of sp³-hybridized carbons (Fsp3) is 0.909. The Morgan fingerprint density at radius 3 is 1.88 bits per heavy atom. The molecule has 0 aliphatic rings. The van der Waals surface area contributed by atoms with E-state index in [1.807, 2.05) is 19.6 Å². The van der Waals surface area contributed by atoms with Crippen LogP contribution >= 0.6 is 0 Å². The molecule has 0 spiro atoms. The first-order valence-corrected chi connectivity index (χ1v) is 12.8. The number of carbonyl (C=O) groups is 1. The highest BCUT2D eigenvalue weighted by atomic mass is 28.4. The molecule has 0 N–H and O–H groups in total. The Labute approximate surface area is 102 Å². The van der Waals surface area contributed by atoms with Crippen molar-refractivity contribution < 1.29 is 13.6 Å². The van der Waals surface area contributed by atoms with Gasteiger partial charge in [0.25, 0.3) is 0 Å². The van der Waals surface area contributed by atoms with Gasteiger partial charge in [0.15, 0.2) is 8.32 Å². The summed E-state index contributed by atoms with van der Waals surface area (Å²) in [6.07, 6.45) is 1.34. The lowest BCUT2D eigenvalue weighted by atomic mass is 10.2. The van der Waals surface area contributed by atoms with E-state index < -0.39 is 16.6 Å². The van der Waals surface area contributed by atoms with E-state index >= 15 is 0 Å². The molecule has 0 amide bonds. The summed E-state index contributed by atoms with van der Waals surface area (Å²) >= 11 is 0. The van der Waals surface area contributed by atoms with E-state index in [-0.39, 0.29) is 12.1 Å². The molecule has 16 heavy (non-hydrogen) atoms. The van der Waals surface area contributed by atoms with E-state index in [1.54, 1.807) is 0 Å². The highest BCUT2D eigenvalue weighted by Crippen LogP contribution is 2.15. The lowest BCUT2D eigenvalue weighted by Crippen LogP contribution is -2.41. The molecule has 0 fully saturated rings. The SMILES string of the molecule is CCCC(O[Si](C)(C)C)C(=O)O[Si](C)(C)C. The number of hydrogen-bond donors (Lipinski definition) is 0. The molecular weight excluding hydrogens is 236 g/mol. The van der Waals surface area contributed by atoms with Crippen LogP contribution in [-0.4, -0.2) is 28.7 Å². The van der Waals surface area contributed by atoms with Crippen LogP contribution in [0.4, 0.5) is 0 Å². The van der Waals surface area contributed by atoms with Crippen molar-refractivity contribution in [2.45, 2.75) is 65.2 Å². The van der Waals surface area contributed by atoms with Gasteiger partial charge in [0.1, 0.15) is 6.10 Å². The Morgan fingerprint density at radius 2 is 1.56 bits per heavy atom. The summed E-state index contributed by atoms with van der Waals surface area (Å²) in [5.74, 6) is -0.163. The van der Waals surface area contributed by atoms with Gasteiger partial charge in [-0.15, -0.1) is 0 Å². The molecule has 0 aromatic rings. The van der Waals surface area contributed by atoms with Crippen molar-refractivity contribution in [3.8, 4) is 0 Å². The maximum Gasteiger partial charge on any atom is 0.320 e. The highest BCUT2D eigenvalue weighted by molar-refractivity contribution is 6.71. The van der Waals surface area contributed by atoms with E-state index in [1.165, 1.54) is 0 Å². The molecule has 3 nitrogen and oxygen atoms in total. The molecule has 0 aromatic heterocycles. The predicted molar refractivity (Wildman–Crippen MR) is 72.6 cm³/mol. The predicted octanol–water partition coefficient (Wildman–Crippen LogP) is 3.38. The van der Waals surface area contributed by atoms with Crippen LogP contribution in [0.25, 0.3) is 0 Å². The Hall–Kier alpha value is -0.136. The first-order valence-electron chi connectivity index (χ1n) is 5.96. The van der Waals surface area contributed by atoms with E-state index in [0.717, 1.165) is 12.8 Å². The zero-order chi connectivity index (χ0) is 13.0. The smallest absolute Gasteiger partial charge is 0.320 e. The van der Waals surface area contributed by atoms with Gasteiger partial charge >= 0.3 is 5.97 Å². The molecule has 0 heterocycles. The normalized spacial score (nSPS) is 14.7. The van der Waals surface area contributed by atoms with Gasteiger partial charge in [0, 0.05) is 0 Å². The first kappa shape index (κ1) is 15.9. The molecule has 0 aliphatic carbocycles. The molecule has 1 atom stereocenters. The molecule has 0 aromatic carbocycles. The van der Waals surface area contributed by atoms with Gasteiger partial charge in [-0.1, -0.05) is 13.3 Å². The maximum atomic E-state index is 11.9. The summed E-state index contributed by atoms with van der Waals surface area (Å²) < 4.78 is 11.4. The Kier molecular flexibility index (Phi) is 5.93. The molecule has 0 rings (SSSR count). The van der Waals surface area contributed by atoms with Crippen molar-refractivity contribution in [3.05, 3.63) is 0 Å². The van der Waals surface area contributed by atoms with Gasteiger partial charge in [-0.05, 0) is 45.7 Å². The Morgan fingerprint density at radius 1 is 1.06 bits per heavy atom. The lowest BCUT2D eigenvalue weighted by Gasteiger charge is -2.27. The summed E-state index contributed by atoms with van der Waals surface area (Å²) in [7, 11) is -3.48.